The monoisotopic (exact) mass is 660 g/mol. The summed E-state index contributed by atoms with van der Waals surface area (Å²) in [5.74, 6) is -10.9. The van der Waals surface area contributed by atoms with Crippen molar-refractivity contribution in [2.24, 2.45) is 0 Å². The maximum absolute atomic E-state index is 9.10. The largest absolute Gasteiger partial charge is 0.473 e. The minimum Gasteiger partial charge on any atom is -0.473 e. The SMILES string of the molecule is O.O.O.O.O.O.O=C(O)C(=O)O.O=C(O)C(=O)O.O=C(O)C(=O)O.[Pr].[Pr]. The number of rotatable bonds is 0. The average Bonchev–Trinajstić information content (AvgIpc) is 2.18. The third-order valence-electron chi connectivity index (χ3n) is 0.549. The predicted molar refractivity (Wildman–Crippen MR) is 67.5 cm³/mol. The van der Waals surface area contributed by atoms with Crippen molar-refractivity contribution >= 4 is 35.8 Å². The minimum absolute atomic E-state index is 0. The molecule has 2 radical (unpaired) electrons. The van der Waals surface area contributed by atoms with Gasteiger partial charge in [0, 0.05) is 82.6 Å². The van der Waals surface area contributed by atoms with Crippen LogP contribution in [-0.4, -0.2) is 99.3 Å². The standard InChI is InChI=1S/3C2H2O4.6H2O.2Pr/c3*3-1(4)2(5)6;;;;;;;;/h3*(H,3,4)(H,5,6);6*1H2;;. The molecule has 0 aromatic rings. The maximum Gasteiger partial charge on any atom is 0.414 e. The quantitative estimate of drug-likeness (QED) is 0.132. The summed E-state index contributed by atoms with van der Waals surface area (Å²) in [4.78, 5) is 54.6. The van der Waals surface area contributed by atoms with E-state index in [-0.39, 0.29) is 115 Å². The molecule has 0 aliphatic rings. The molecule has 0 saturated heterocycles. The number of hydrogen-bond donors (Lipinski definition) is 6. The molecular formula is C6H18O18Pr2. The summed E-state index contributed by atoms with van der Waals surface area (Å²) in [5.41, 5.74) is 0. The number of aliphatic carboxylic acids is 6. The molecule has 20 heteroatoms. The van der Waals surface area contributed by atoms with Crippen LogP contribution in [0.2, 0.25) is 0 Å². The zero-order valence-electron chi connectivity index (χ0n) is 12.3. The smallest absolute Gasteiger partial charge is 0.414 e. The zero-order chi connectivity index (χ0) is 15.5. The molecule has 0 bridgehead atoms. The van der Waals surface area contributed by atoms with E-state index in [1.807, 2.05) is 0 Å². The summed E-state index contributed by atoms with van der Waals surface area (Å²) in [7, 11) is 0. The van der Waals surface area contributed by atoms with Crippen LogP contribution in [0.15, 0.2) is 0 Å². The molecule has 0 amide bonds. The van der Waals surface area contributed by atoms with Gasteiger partial charge in [0.25, 0.3) is 0 Å². The Morgan fingerprint density at radius 1 is 0.308 bits per heavy atom. The molecule has 0 fully saturated rings. The van der Waals surface area contributed by atoms with E-state index in [1.54, 1.807) is 0 Å². The number of hydrogen-bond acceptors (Lipinski definition) is 6. The molecule has 0 spiro atoms. The van der Waals surface area contributed by atoms with E-state index in [0.29, 0.717) is 0 Å². The first-order valence-electron chi connectivity index (χ1n) is 3.32. The van der Waals surface area contributed by atoms with Crippen LogP contribution >= 0.6 is 0 Å². The molecule has 156 valence electrons. The maximum atomic E-state index is 9.10. The Balaban J connectivity index is -0.0000000125. The van der Waals surface area contributed by atoms with Crippen LogP contribution in [-0.2, 0) is 28.8 Å². The first-order valence-corrected chi connectivity index (χ1v) is 3.32. The van der Waals surface area contributed by atoms with Gasteiger partial charge in [0.1, 0.15) is 0 Å². The van der Waals surface area contributed by atoms with Crippen molar-refractivity contribution in [2.45, 2.75) is 0 Å². The topological polar surface area (TPSA) is 413 Å². The molecule has 0 rings (SSSR count). The van der Waals surface area contributed by atoms with Gasteiger partial charge < -0.3 is 63.5 Å². The Bertz CT molecular complexity index is 285. The van der Waals surface area contributed by atoms with E-state index in [1.165, 1.54) is 0 Å². The van der Waals surface area contributed by atoms with E-state index in [2.05, 4.69) is 0 Å². The fourth-order valence-electron chi connectivity index (χ4n) is 0. The van der Waals surface area contributed by atoms with Crippen molar-refractivity contribution in [1.82, 2.24) is 0 Å². The van der Waals surface area contributed by atoms with Crippen molar-refractivity contribution < 1.29 is 175 Å². The van der Waals surface area contributed by atoms with Crippen molar-refractivity contribution in [2.75, 3.05) is 0 Å². The third-order valence-corrected chi connectivity index (χ3v) is 0.549. The molecule has 26 heavy (non-hydrogen) atoms. The fraction of sp³-hybridized carbons (Fsp3) is 0. The van der Waals surface area contributed by atoms with Gasteiger partial charge >= 0.3 is 35.8 Å². The van der Waals surface area contributed by atoms with Gasteiger partial charge in [-0.3, -0.25) is 0 Å². The fourth-order valence-corrected chi connectivity index (χ4v) is 0. The zero-order valence-corrected chi connectivity index (χ0v) is 19.7. The Morgan fingerprint density at radius 3 is 0.346 bits per heavy atom. The summed E-state index contributed by atoms with van der Waals surface area (Å²) < 4.78 is 0. The van der Waals surface area contributed by atoms with E-state index in [9.17, 15) is 0 Å². The first-order chi connectivity index (χ1) is 7.93. The summed E-state index contributed by atoms with van der Waals surface area (Å²) in [6, 6.07) is 0. The number of carboxylic acid groups (broad SMARTS) is 6. The second-order valence-corrected chi connectivity index (χ2v) is 1.83. The Morgan fingerprint density at radius 2 is 0.346 bits per heavy atom. The molecule has 18 N–H and O–H groups in total. The molecule has 0 aliphatic heterocycles. The van der Waals surface area contributed by atoms with E-state index < -0.39 is 35.8 Å². The van der Waals surface area contributed by atoms with Crippen molar-refractivity contribution in [3.8, 4) is 0 Å². The van der Waals surface area contributed by atoms with Gasteiger partial charge in [0.15, 0.2) is 0 Å². The van der Waals surface area contributed by atoms with Crippen LogP contribution < -0.4 is 0 Å². The number of carboxylic acids is 6. The summed E-state index contributed by atoms with van der Waals surface area (Å²) in [5, 5.41) is 44.3. The normalized spacial score (nSPS) is 5.08. The van der Waals surface area contributed by atoms with Gasteiger partial charge in [0.05, 0.1) is 0 Å². The second kappa shape index (κ2) is 44.1. The van der Waals surface area contributed by atoms with Crippen molar-refractivity contribution in [3.63, 3.8) is 0 Å². The van der Waals surface area contributed by atoms with Gasteiger partial charge in [-0.1, -0.05) is 0 Å². The molecular weight excluding hydrogens is 642 g/mol. The van der Waals surface area contributed by atoms with E-state index >= 15 is 0 Å². The second-order valence-electron chi connectivity index (χ2n) is 1.83. The van der Waals surface area contributed by atoms with Crippen LogP contribution in [0.5, 0.6) is 0 Å². The van der Waals surface area contributed by atoms with Crippen LogP contribution in [0.25, 0.3) is 0 Å². The van der Waals surface area contributed by atoms with E-state index in [0.717, 1.165) is 0 Å². The van der Waals surface area contributed by atoms with Gasteiger partial charge in [-0.25, -0.2) is 28.8 Å². The molecule has 0 heterocycles. The molecule has 18 nitrogen and oxygen atoms in total. The number of carbonyl (C=O) groups is 6. The molecule has 0 atom stereocenters. The third kappa shape index (κ3) is 90.7. The molecule has 0 saturated carbocycles. The Hall–Kier alpha value is -0.693. The Kier molecular flexibility index (Phi) is 124. The summed E-state index contributed by atoms with van der Waals surface area (Å²) >= 11 is 0. The molecule has 0 aliphatic carbocycles. The predicted octanol–water partition coefficient (Wildman–Crippen LogP) is -7.48. The molecule has 0 unspecified atom stereocenters. The first kappa shape index (κ1) is 73.0. The van der Waals surface area contributed by atoms with Crippen molar-refractivity contribution in [1.29, 1.82) is 0 Å². The minimum atomic E-state index is -1.82. The van der Waals surface area contributed by atoms with Crippen LogP contribution in [0, 0.1) is 82.6 Å². The van der Waals surface area contributed by atoms with Crippen LogP contribution in [0.3, 0.4) is 0 Å². The van der Waals surface area contributed by atoms with Gasteiger partial charge in [-0.15, -0.1) is 0 Å². The summed E-state index contributed by atoms with van der Waals surface area (Å²) in [6.45, 7) is 0. The van der Waals surface area contributed by atoms with Crippen LogP contribution in [0.4, 0.5) is 0 Å². The van der Waals surface area contributed by atoms with Crippen LogP contribution in [0.1, 0.15) is 0 Å². The molecule has 0 aromatic carbocycles. The average molecular weight is 660 g/mol. The van der Waals surface area contributed by atoms with Crippen molar-refractivity contribution in [3.05, 3.63) is 0 Å². The van der Waals surface area contributed by atoms with Gasteiger partial charge in [0.2, 0.25) is 0 Å². The van der Waals surface area contributed by atoms with Gasteiger partial charge in [-0.2, -0.15) is 0 Å². The van der Waals surface area contributed by atoms with Gasteiger partial charge in [-0.05, 0) is 0 Å². The van der Waals surface area contributed by atoms with E-state index in [4.69, 9.17) is 59.4 Å². The Labute approximate surface area is 208 Å². The summed E-state index contributed by atoms with van der Waals surface area (Å²) in [6.07, 6.45) is 0. The molecule has 0 aromatic heterocycles.